The number of amides is 2. The molecule has 0 unspecified atom stereocenters. The molecule has 0 saturated carbocycles. The molecular formula is C24H30ClN3O2. The predicted octanol–water partition coefficient (Wildman–Crippen LogP) is 4.51. The standard InChI is InChI=1S/C24H30ClN3O2/c1-17(2)10-13-26-24(30)21-8-3-4-9-22(21)28-14-11-20(12-15-28)27-23(29)18-6-5-7-19(25)16-18/h3-9,16-17,20H,10-15H2,1-2H3,(H,26,30)(H,27,29). The van der Waals surface area contributed by atoms with Gasteiger partial charge in [-0.25, -0.2) is 0 Å². The van der Waals surface area contributed by atoms with Crippen molar-refractivity contribution < 1.29 is 9.59 Å². The fraction of sp³-hybridized carbons (Fsp3) is 0.417. The topological polar surface area (TPSA) is 61.4 Å². The van der Waals surface area contributed by atoms with E-state index in [2.05, 4.69) is 29.4 Å². The summed E-state index contributed by atoms with van der Waals surface area (Å²) < 4.78 is 0. The van der Waals surface area contributed by atoms with Crippen LogP contribution >= 0.6 is 11.6 Å². The summed E-state index contributed by atoms with van der Waals surface area (Å²) in [5, 5.41) is 6.70. The van der Waals surface area contributed by atoms with Crippen LogP contribution in [0.25, 0.3) is 0 Å². The number of piperidine rings is 1. The monoisotopic (exact) mass is 427 g/mol. The molecule has 30 heavy (non-hydrogen) atoms. The van der Waals surface area contributed by atoms with E-state index < -0.39 is 0 Å². The zero-order valence-corrected chi connectivity index (χ0v) is 18.4. The van der Waals surface area contributed by atoms with Gasteiger partial charge in [0, 0.05) is 41.9 Å². The van der Waals surface area contributed by atoms with Crippen molar-refractivity contribution in [1.29, 1.82) is 0 Å². The van der Waals surface area contributed by atoms with Gasteiger partial charge >= 0.3 is 0 Å². The van der Waals surface area contributed by atoms with Crippen LogP contribution in [0.2, 0.25) is 5.02 Å². The van der Waals surface area contributed by atoms with Gasteiger partial charge in [-0.05, 0) is 55.5 Å². The maximum Gasteiger partial charge on any atom is 0.253 e. The highest BCUT2D eigenvalue weighted by atomic mass is 35.5. The average Bonchev–Trinajstić information content (AvgIpc) is 2.74. The summed E-state index contributed by atoms with van der Waals surface area (Å²) in [5.41, 5.74) is 2.25. The Bertz CT molecular complexity index is 876. The third-order valence-corrected chi connectivity index (χ3v) is 5.65. The Labute approximate surface area is 183 Å². The van der Waals surface area contributed by atoms with E-state index in [0.717, 1.165) is 38.0 Å². The third kappa shape index (κ3) is 5.99. The number of nitrogens with one attached hydrogen (secondary N) is 2. The summed E-state index contributed by atoms with van der Waals surface area (Å²) >= 11 is 5.99. The molecule has 1 saturated heterocycles. The number of benzene rings is 2. The molecule has 2 aromatic carbocycles. The Morgan fingerprint density at radius 2 is 1.80 bits per heavy atom. The van der Waals surface area contributed by atoms with Gasteiger partial charge in [0.25, 0.3) is 11.8 Å². The third-order valence-electron chi connectivity index (χ3n) is 5.41. The molecular weight excluding hydrogens is 398 g/mol. The molecule has 3 rings (SSSR count). The molecule has 2 amide bonds. The number of hydrogen-bond acceptors (Lipinski definition) is 3. The number of para-hydroxylation sites is 1. The number of anilines is 1. The Balaban J connectivity index is 1.57. The molecule has 0 aliphatic carbocycles. The zero-order valence-electron chi connectivity index (χ0n) is 17.7. The molecule has 0 aromatic heterocycles. The number of hydrogen-bond donors (Lipinski definition) is 2. The first-order chi connectivity index (χ1) is 14.4. The van der Waals surface area contributed by atoms with Crippen LogP contribution in [-0.2, 0) is 0 Å². The maximum absolute atomic E-state index is 12.7. The highest BCUT2D eigenvalue weighted by Gasteiger charge is 2.24. The van der Waals surface area contributed by atoms with Gasteiger partial charge < -0.3 is 15.5 Å². The van der Waals surface area contributed by atoms with Crippen LogP contribution in [0.15, 0.2) is 48.5 Å². The smallest absolute Gasteiger partial charge is 0.253 e. The molecule has 2 N–H and O–H groups in total. The zero-order chi connectivity index (χ0) is 21.5. The molecule has 1 heterocycles. The van der Waals surface area contributed by atoms with Gasteiger partial charge in [-0.15, -0.1) is 0 Å². The molecule has 0 spiro atoms. The van der Waals surface area contributed by atoms with Crippen molar-refractivity contribution >= 4 is 29.1 Å². The fourth-order valence-corrected chi connectivity index (χ4v) is 3.86. The number of nitrogens with zero attached hydrogens (tertiary/aromatic N) is 1. The molecule has 2 aromatic rings. The summed E-state index contributed by atoms with van der Waals surface area (Å²) in [4.78, 5) is 27.4. The van der Waals surface area contributed by atoms with Crippen LogP contribution in [0.4, 0.5) is 5.69 Å². The number of carbonyl (C=O) groups is 2. The minimum atomic E-state index is -0.0964. The van der Waals surface area contributed by atoms with E-state index in [4.69, 9.17) is 11.6 Å². The lowest BCUT2D eigenvalue weighted by molar-refractivity contribution is 0.0929. The van der Waals surface area contributed by atoms with Gasteiger partial charge in [0.05, 0.1) is 5.56 Å². The van der Waals surface area contributed by atoms with Gasteiger partial charge in [0.2, 0.25) is 0 Å². The summed E-state index contributed by atoms with van der Waals surface area (Å²) in [6.07, 6.45) is 2.62. The highest BCUT2D eigenvalue weighted by Crippen LogP contribution is 2.24. The Morgan fingerprint density at radius 1 is 1.07 bits per heavy atom. The molecule has 1 aliphatic heterocycles. The van der Waals surface area contributed by atoms with Crippen molar-refractivity contribution in [2.24, 2.45) is 5.92 Å². The first kappa shape index (κ1) is 22.2. The van der Waals surface area contributed by atoms with Crippen LogP contribution < -0.4 is 15.5 Å². The normalized spacial score (nSPS) is 14.6. The Kier molecular flexibility index (Phi) is 7.75. The quantitative estimate of drug-likeness (QED) is 0.683. The second-order valence-electron chi connectivity index (χ2n) is 8.20. The molecule has 6 heteroatoms. The van der Waals surface area contributed by atoms with Gasteiger partial charge in [-0.1, -0.05) is 43.6 Å². The van der Waals surface area contributed by atoms with Gasteiger partial charge in [0.15, 0.2) is 0 Å². The minimum Gasteiger partial charge on any atom is -0.371 e. The second-order valence-corrected chi connectivity index (χ2v) is 8.64. The number of rotatable bonds is 7. The molecule has 0 bridgehead atoms. The van der Waals surface area contributed by atoms with Gasteiger partial charge in [0.1, 0.15) is 0 Å². The van der Waals surface area contributed by atoms with E-state index in [0.29, 0.717) is 28.6 Å². The largest absolute Gasteiger partial charge is 0.371 e. The lowest BCUT2D eigenvalue weighted by Gasteiger charge is -2.35. The Morgan fingerprint density at radius 3 is 2.50 bits per heavy atom. The summed E-state index contributed by atoms with van der Waals surface area (Å²) in [6.45, 7) is 6.56. The molecule has 1 fully saturated rings. The second kappa shape index (κ2) is 10.5. The number of halogens is 1. The predicted molar refractivity (Wildman–Crippen MR) is 122 cm³/mol. The van der Waals surface area contributed by atoms with Crippen molar-refractivity contribution in [3.8, 4) is 0 Å². The first-order valence-electron chi connectivity index (χ1n) is 10.6. The average molecular weight is 428 g/mol. The lowest BCUT2D eigenvalue weighted by atomic mass is 10.0. The van der Waals surface area contributed by atoms with Crippen molar-refractivity contribution in [3.63, 3.8) is 0 Å². The van der Waals surface area contributed by atoms with Crippen molar-refractivity contribution in [2.45, 2.75) is 39.2 Å². The summed E-state index contributed by atoms with van der Waals surface area (Å²) in [6, 6.07) is 14.8. The molecule has 5 nitrogen and oxygen atoms in total. The highest BCUT2D eigenvalue weighted by molar-refractivity contribution is 6.30. The van der Waals surface area contributed by atoms with Gasteiger partial charge in [-0.3, -0.25) is 9.59 Å². The molecule has 160 valence electrons. The molecule has 0 radical (unpaired) electrons. The number of carbonyl (C=O) groups excluding carboxylic acids is 2. The first-order valence-corrected chi connectivity index (χ1v) is 11.0. The van der Waals surface area contributed by atoms with Crippen LogP contribution in [0, 0.1) is 5.92 Å². The van der Waals surface area contributed by atoms with E-state index in [1.54, 1.807) is 24.3 Å². The van der Waals surface area contributed by atoms with Crippen LogP contribution in [0.3, 0.4) is 0 Å². The maximum atomic E-state index is 12.7. The van der Waals surface area contributed by atoms with E-state index >= 15 is 0 Å². The molecule has 1 aliphatic rings. The van der Waals surface area contributed by atoms with E-state index in [1.165, 1.54) is 0 Å². The SMILES string of the molecule is CC(C)CCNC(=O)c1ccccc1N1CCC(NC(=O)c2cccc(Cl)c2)CC1. The van der Waals surface area contributed by atoms with Crippen LogP contribution in [-0.4, -0.2) is 37.5 Å². The fourth-order valence-electron chi connectivity index (χ4n) is 3.67. The summed E-state index contributed by atoms with van der Waals surface area (Å²) in [5.74, 6) is 0.435. The van der Waals surface area contributed by atoms with E-state index in [9.17, 15) is 9.59 Å². The van der Waals surface area contributed by atoms with Crippen molar-refractivity contribution in [1.82, 2.24) is 10.6 Å². The minimum absolute atomic E-state index is 0.0253. The van der Waals surface area contributed by atoms with Crippen molar-refractivity contribution in [2.75, 3.05) is 24.5 Å². The summed E-state index contributed by atoms with van der Waals surface area (Å²) in [7, 11) is 0. The van der Waals surface area contributed by atoms with E-state index in [1.807, 2.05) is 24.3 Å². The van der Waals surface area contributed by atoms with Crippen LogP contribution in [0.5, 0.6) is 0 Å². The van der Waals surface area contributed by atoms with Crippen LogP contribution in [0.1, 0.15) is 53.8 Å². The van der Waals surface area contributed by atoms with E-state index in [-0.39, 0.29) is 17.9 Å². The van der Waals surface area contributed by atoms with Gasteiger partial charge in [-0.2, -0.15) is 0 Å². The lowest BCUT2D eigenvalue weighted by Crippen LogP contribution is -2.45. The molecule has 0 atom stereocenters. The Hall–Kier alpha value is -2.53. The van der Waals surface area contributed by atoms with Crippen molar-refractivity contribution in [3.05, 3.63) is 64.7 Å².